The minimum Gasteiger partial charge on any atom is -0.497 e. The first-order valence-electron chi connectivity index (χ1n) is 11.2. The third-order valence-electron chi connectivity index (χ3n) is 5.85. The van der Waals surface area contributed by atoms with Crippen molar-refractivity contribution in [2.75, 3.05) is 33.3 Å². The maximum Gasteiger partial charge on any atom is 0.269 e. The van der Waals surface area contributed by atoms with E-state index < -0.39 is 0 Å². The molecular formula is C24H27N5O5. The van der Waals surface area contributed by atoms with Gasteiger partial charge in [0.2, 0.25) is 17.6 Å². The lowest BCUT2D eigenvalue weighted by molar-refractivity contribution is -0.384. The summed E-state index contributed by atoms with van der Waals surface area (Å²) in [6.45, 7) is 3.41. The van der Waals surface area contributed by atoms with E-state index in [4.69, 9.17) is 9.26 Å². The molecule has 1 aromatic heterocycles. The van der Waals surface area contributed by atoms with Crippen molar-refractivity contribution in [3.05, 3.63) is 70.1 Å². The zero-order valence-electron chi connectivity index (χ0n) is 19.1. The van der Waals surface area contributed by atoms with E-state index in [-0.39, 0.29) is 16.5 Å². The van der Waals surface area contributed by atoms with Crippen LogP contribution < -0.4 is 4.74 Å². The van der Waals surface area contributed by atoms with Gasteiger partial charge in [-0.2, -0.15) is 4.98 Å². The van der Waals surface area contributed by atoms with E-state index in [1.807, 2.05) is 35.2 Å². The molecule has 0 atom stereocenters. The first-order chi connectivity index (χ1) is 16.5. The summed E-state index contributed by atoms with van der Waals surface area (Å²) in [6.07, 6.45) is 1.60. The van der Waals surface area contributed by atoms with E-state index in [1.165, 1.54) is 6.07 Å². The average molecular weight is 466 g/mol. The first-order valence-corrected chi connectivity index (χ1v) is 11.2. The molecule has 10 heteroatoms. The summed E-state index contributed by atoms with van der Waals surface area (Å²) in [4.78, 5) is 31.7. The Labute approximate surface area is 197 Å². The fraction of sp³-hybridized carbons (Fsp3) is 0.375. The maximum absolute atomic E-state index is 12.6. The van der Waals surface area contributed by atoms with Crippen LogP contribution in [0.5, 0.6) is 5.75 Å². The van der Waals surface area contributed by atoms with Crippen LogP contribution >= 0.6 is 0 Å². The molecule has 34 heavy (non-hydrogen) atoms. The van der Waals surface area contributed by atoms with E-state index in [2.05, 4.69) is 15.0 Å². The zero-order chi connectivity index (χ0) is 23.9. The lowest BCUT2D eigenvalue weighted by Crippen LogP contribution is -2.48. The molecular weight excluding hydrogens is 438 g/mol. The van der Waals surface area contributed by atoms with Crippen molar-refractivity contribution in [1.82, 2.24) is 19.9 Å². The van der Waals surface area contributed by atoms with E-state index in [0.717, 1.165) is 30.0 Å². The number of aryl methyl sites for hydroxylation is 1. The Morgan fingerprint density at radius 3 is 2.62 bits per heavy atom. The number of carbonyl (C=O) groups excluding carboxylic acids is 1. The van der Waals surface area contributed by atoms with Crippen molar-refractivity contribution >= 4 is 11.6 Å². The van der Waals surface area contributed by atoms with Crippen molar-refractivity contribution in [1.29, 1.82) is 0 Å². The molecule has 0 radical (unpaired) electrons. The summed E-state index contributed by atoms with van der Waals surface area (Å²) in [6, 6.07) is 14.1. The van der Waals surface area contributed by atoms with Crippen LogP contribution in [0, 0.1) is 10.1 Å². The molecule has 0 unspecified atom stereocenters. The van der Waals surface area contributed by atoms with Gasteiger partial charge in [-0.05, 0) is 36.2 Å². The van der Waals surface area contributed by atoms with Crippen molar-refractivity contribution in [3.8, 4) is 17.1 Å². The quantitative estimate of drug-likeness (QED) is 0.349. The van der Waals surface area contributed by atoms with E-state index >= 15 is 0 Å². The van der Waals surface area contributed by atoms with Gasteiger partial charge in [-0.15, -0.1) is 0 Å². The third kappa shape index (κ3) is 5.96. The highest BCUT2D eigenvalue weighted by Crippen LogP contribution is 2.20. The van der Waals surface area contributed by atoms with Crippen LogP contribution in [-0.2, 0) is 17.8 Å². The Morgan fingerprint density at radius 2 is 1.91 bits per heavy atom. The molecule has 0 N–H and O–H groups in total. The number of hydrogen-bond donors (Lipinski definition) is 0. The minimum absolute atomic E-state index is 0.101. The Morgan fingerprint density at radius 1 is 1.15 bits per heavy atom. The molecule has 3 aromatic rings. The van der Waals surface area contributed by atoms with Crippen LogP contribution in [0.2, 0.25) is 0 Å². The SMILES string of the molecule is COc1ccc(-c2noc(CCCC(=O)N3CCN(Cc4cccc([N+](=O)[O-])c4)CC3)n2)cc1. The van der Waals surface area contributed by atoms with Gasteiger partial charge < -0.3 is 14.2 Å². The normalized spacial score (nSPS) is 14.2. The average Bonchev–Trinajstić information content (AvgIpc) is 3.33. The number of nitro groups is 1. The lowest BCUT2D eigenvalue weighted by atomic mass is 10.1. The van der Waals surface area contributed by atoms with Gasteiger partial charge in [-0.1, -0.05) is 17.3 Å². The number of hydrogen-bond acceptors (Lipinski definition) is 8. The van der Waals surface area contributed by atoms with Crippen molar-refractivity contribution in [2.24, 2.45) is 0 Å². The molecule has 0 bridgehead atoms. The highest BCUT2D eigenvalue weighted by Gasteiger charge is 2.21. The highest BCUT2D eigenvalue weighted by molar-refractivity contribution is 5.76. The zero-order valence-corrected chi connectivity index (χ0v) is 19.1. The minimum atomic E-state index is -0.381. The summed E-state index contributed by atoms with van der Waals surface area (Å²) < 4.78 is 10.5. The van der Waals surface area contributed by atoms with Gasteiger partial charge in [0.1, 0.15) is 5.75 Å². The molecule has 2 aromatic carbocycles. The number of amides is 1. The number of nitro benzene ring substituents is 1. The van der Waals surface area contributed by atoms with Gasteiger partial charge in [0.05, 0.1) is 12.0 Å². The Kier molecular flexibility index (Phi) is 7.48. The number of non-ortho nitro benzene ring substituents is 1. The molecule has 1 aliphatic heterocycles. The Balaban J connectivity index is 1.19. The standard InChI is InChI=1S/C24H27N5O5/c1-33-21-10-8-19(9-11-21)24-25-22(34-26-24)6-3-7-23(30)28-14-12-27(13-15-28)17-18-4-2-5-20(16-18)29(31)32/h2,4-5,8-11,16H,3,6-7,12-15,17H2,1H3. The lowest BCUT2D eigenvalue weighted by Gasteiger charge is -2.34. The predicted octanol–water partition coefficient (Wildman–Crippen LogP) is 3.32. The second-order valence-corrected chi connectivity index (χ2v) is 8.18. The molecule has 178 valence electrons. The number of rotatable bonds is 9. The third-order valence-corrected chi connectivity index (χ3v) is 5.85. The van der Waals surface area contributed by atoms with E-state index in [9.17, 15) is 14.9 Å². The smallest absolute Gasteiger partial charge is 0.269 e. The van der Waals surface area contributed by atoms with Gasteiger partial charge in [-0.3, -0.25) is 19.8 Å². The number of piperazine rings is 1. The number of benzene rings is 2. The highest BCUT2D eigenvalue weighted by atomic mass is 16.6. The second kappa shape index (κ2) is 10.9. The molecule has 1 fully saturated rings. The fourth-order valence-electron chi connectivity index (χ4n) is 3.94. The van der Waals surface area contributed by atoms with Crippen molar-refractivity contribution in [3.63, 3.8) is 0 Å². The Bertz CT molecular complexity index is 1120. The predicted molar refractivity (Wildman–Crippen MR) is 124 cm³/mol. The van der Waals surface area contributed by atoms with Gasteiger partial charge in [0.15, 0.2) is 0 Å². The topological polar surface area (TPSA) is 115 Å². The monoisotopic (exact) mass is 465 g/mol. The van der Waals surface area contributed by atoms with Crippen molar-refractivity contribution in [2.45, 2.75) is 25.8 Å². The summed E-state index contributed by atoms with van der Waals surface area (Å²) in [7, 11) is 1.61. The molecule has 10 nitrogen and oxygen atoms in total. The number of ether oxygens (including phenoxy) is 1. The molecule has 2 heterocycles. The van der Waals surface area contributed by atoms with Crippen LogP contribution in [-0.4, -0.2) is 64.1 Å². The van der Waals surface area contributed by atoms with Gasteiger partial charge in [0, 0.05) is 63.3 Å². The Hall–Kier alpha value is -3.79. The van der Waals surface area contributed by atoms with E-state index in [0.29, 0.717) is 50.6 Å². The maximum atomic E-state index is 12.6. The number of carbonyl (C=O) groups is 1. The number of methoxy groups -OCH3 is 1. The first kappa shape index (κ1) is 23.4. The van der Waals surface area contributed by atoms with Crippen LogP contribution in [0.1, 0.15) is 24.3 Å². The summed E-state index contributed by atoms with van der Waals surface area (Å²) in [5, 5.41) is 15.0. The summed E-state index contributed by atoms with van der Waals surface area (Å²) >= 11 is 0. The fourth-order valence-corrected chi connectivity index (χ4v) is 3.94. The summed E-state index contributed by atoms with van der Waals surface area (Å²) in [5.41, 5.74) is 1.85. The van der Waals surface area contributed by atoms with Gasteiger partial charge >= 0.3 is 0 Å². The number of aromatic nitrogens is 2. The molecule has 4 rings (SSSR count). The molecule has 0 aliphatic carbocycles. The molecule has 1 saturated heterocycles. The van der Waals surface area contributed by atoms with Crippen molar-refractivity contribution < 1.29 is 19.0 Å². The molecule has 0 saturated carbocycles. The molecule has 1 amide bonds. The summed E-state index contributed by atoms with van der Waals surface area (Å²) in [5.74, 6) is 1.91. The second-order valence-electron chi connectivity index (χ2n) is 8.18. The van der Waals surface area contributed by atoms with Crippen LogP contribution in [0.3, 0.4) is 0 Å². The van der Waals surface area contributed by atoms with Crippen LogP contribution in [0.15, 0.2) is 53.1 Å². The van der Waals surface area contributed by atoms with Gasteiger partial charge in [0.25, 0.3) is 5.69 Å². The van der Waals surface area contributed by atoms with E-state index in [1.54, 1.807) is 19.2 Å². The molecule has 1 aliphatic rings. The van der Waals surface area contributed by atoms with Crippen LogP contribution in [0.4, 0.5) is 5.69 Å². The molecule has 0 spiro atoms. The largest absolute Gasteiger partial charge is 0.497 e. The van der Waals surface area contributed by atoms with Gasteiger partial charge in [-0.25, -0.2) is 0 Å². The van der Waals surface area contributed by atoms with Crippen LogP contribution in [0.25, 0.3) is 11.4 Å². The number of nitrogens with zero attached hydrogens (tertiary/aromatic N) is 5.